The average Bonchev–Trinajstić information content (AvgIpc) is 2.33. The van der Waals surface area contributed by atoms with Crippen LogP contribution in [-0.4, -0.2) is 31.1 Å². The van der Waals surface area contributed by atoms with Crippen LogP contribution >= 0.6 is 58.0 Å². The summed E-state index contributed by atoms with van der Waals surface area (Å²) in [6, 6.07) is 14.5. The van der Waals surface area contributed by atoms with Gasteiger partial charge in [-0.05, 0) is 35.4 Å². The standard InChI is InChI=1S/C14H9Cl5.Pb.2H/c15-11-5-1-9(2-6-11)13(14(17,18)19)10-3-7-12(16)8-4-10;;;/h1-8,13H;;;. The van der Waals surface area contributed by atoms with Gasteiger partial charge >= 0.3 is 27.3 Å². The van der Waals surface area contributed by atoms with Crippen LogP contribution in [-0.2, 0) is 0 Å². The van der Waals surface area contributed by atoms with Gasteiger partial charge in [-0.2, -0.15) is 0 Å². The second kappa shape index (κ2) is 7.89. The summed E-state index contributed by atoms with van der Waals surface area (Å²) in [5.74, 6) is -0.382. The molecule has 0 bridgehead atoms. The molecule has 2 aromatic rings. The summed E-state index contributed by atoms with van der Waals surface area (Å²) in [5.41, 5.74) is 1.76. The van der Waals surface area contributed by atoms with Crippen LogP contribution in [0, 0.1) is 0 Å². The van der Waals surface area contributed by atoms with Crippen LogP contribution in [0.3, 0.4) is 0 Å². The molecule has 0 aliphatic carbocycles. The van der Waals surface area contributed by atoms with Gasteiger partial charge in [0.15, 0.2) is 0 Å². The first kappa shape index (κ1) is 18.9. The SMILES string of the molecule is Clc1ccc(C(c2ccc(Cl)cc2)C(Cl)(Cl)Cl)cc1.[PbH2]. The molecule has 0 N–H and O–H groups in total. The summed E-state index contributed by atoms with van der Waals surface area (Å²) in [5, 5.41) is 1.28. The van der Waals surface area contributed by atoms with Crippen molar-refractivity contribution in [2.45, 2.75) is 9.71 Å². The van der Waals surface area contributed by atoms with Crippen LogP contribution in [0.15, 0.2) is 48.5 Å². The number of alkyl halides is 3. The van der Waals surface area contributed by atoms with Crippen LogP contribution in [0.4, 0.5) is 0 Å². The Hall–Kier alpha value is 0.812. The van der Waals surface area contributed by atoms with Gasteiger partial charge in [0.05, 0.1) is 5.92 Å². The monoisotopic (exact) mass is 562 g/mol. The summed E-state index contributed by atoms with van der Waals surface area (Å²) in [6.45, 7) is 0. The molecule has 0 amide bonds. The zero-order valence-corrected chi connectivity index (χ0v) is 19.6. The normalized spacial score (nSPS) is 11.3. The number of benzene rings is 2. The Labute approximate surface area is 163 Å². The van der Waals surface area contributed by atoms with Gasteiger partial charge in [0.25, 0.3) is 0 Å². The second-order valence-electron chi connectivity index (χ2n) is 4.08. The molecule has 0 nitrogen and oxygen atoms in total. The van der Waals surface area contributed by atoms with E-state index in [1.165, 1.54) is 0 Å². The first-order valence-electron chi connectivity index (χ1n) is 5.45. The van der Waals surface area contributed by atoms with Crippen molar-refractivity contribution in [3.63, 3.8) is 0 Å². The van der Waals surface area contributed by atoms with Crippen LogP contribution in [0.1, 0.15) is 17.0 Å². The maximum absolute atomic E-state index is 6.11. The fourth-order valence-electron chi connectivity index (χ4n) is 1.88. The van der Waals surface area contributed by atoms with Crippen molar-refractivity contribution >= 4 is 85.3 Å². The zero-order chi connectivity index (χ0) is 14.0. The van der Waals surface area contributed by atoms with Crippen molar-refractivity contribution in [1.29, 1.82) is 0 Å². The van der Waals surface area contributed by atoms with Gasteiger partial charge in [-0.25, -0.2) is 0 Å². The van der Waals surface area contributed by atoms with Gasteiger partial charge in [0.1, 0.15) is 0 Å². The van der Waals surface area contributed by atoms with Gasteiger partial charge in [-0.15, -0.1) is 0 Å². The molecule has 0 heterocycles. The Morgan fingerprint density at radius 1 is 0.650 bits per heavy atom. The molecular weight excluding hydrogens is 553 g/mol. The molecule has 6 heteroatoms. The van der Waals surface area contributed by atoms with Crippen LogP contribution < -0.4 is 0 Å². The molecule has 0 spiro atoms. The fourth-order valence-corrected chi connectivity index (χ4v) is 2.89. The molecule has 2 aromatic carbocycles. The number of rotatable bonds is 2. The minimum absolute atomic E-state index is 0. The van der Waals surface area contributed by atoms with Gasteiger partial charge < -0.3 is 0 Å². The van der Waals surface area contributed by atoms with Gasteiger partial charge in [0, 0.05) is 10.0 Å². The first-order valence-corrected chi connectivity index (χ1v) is 7.34. The Kier molecular flexibility index (Phi) is 7.44. The van der Waals surface area contributed by atoms with Crippen molar-refractivity contribution in [1.82, 2.24) is 0 Å². The second-order valence-corrected chi connectivity index (χ2v) is 7.32. The van der Waals surface area contributed by atoms with Crippen LogP contribution in [0.5, 0.6) is 0 Å². The Morgan fingerprint density at radius 2 is 0.950 bits per heavy atom. The van der Waals surface area contributed by atoms with Crippen molar-refractivity contribution in [2.75, 3.05) is 0 Å². The third-order valence-corrected chi connectivity index (χ3v) is 3.89. The molecule has 2 radical (unpaired) electrons. The van der Waals surface area contributed by atoms with Gasteiger partial charge in [-0.1, -0.05) is 82.3 Å². The Balaban J connectivity index is 0.00000200. The van der Waals surface area contributed by atoms with E-state index in [-0.39, 0.29) is 33.2 Å². The molecule has 0 unspecified atom stereocenters. The summed E-state index contributed by atoms with van der Waals surface area (Å²) in [4.78, 5) is 0. The van der Waals surface area contributed by atoms with E-state index in [0.29, 0.717) is 10.0 Å². The van der Waals surface area contributed by atoms with E-state index in [4.69, 9.17) is 58.0 Å². The summed E-state index contributed by atoms with van der Waals surface area (Å²) in [7, 11) is 0. The van der Waals surface area contributed by atoms with E-state index in [9.17, 15) is 0 Å². The molecule has 0 aliphatic heterocycles. The minimum atomic E-state index is -1.46. The predicted octanol–water partition coefficient (Wildman–Crippen LogP) is 5.58. The first-order chi connectivity index (χ1) is 8.88. The van der Waals surface area contributed by atoms with Crippen LogP contribution in [0.25, 0.3) is 0 Å². The summed E-state index contributed by atoms with van der Waals surface area (Å²) < 4.78 is -1.46. The average molecular weight is 564 g/mol. The molecule has 2 rings (SSSR count). The molecule has 0 aliphatic rings. The summed E-state index contributed by atoms with van der Waals surface area (Å²) >= 11 is 30.1. The zero-order valence-electron chi connectivity index (χ0n) is 10.3. The molecule has 0 aromatic heterocycles. The van der Waals surface area contributed by atoms with Crippen LogP contribution in [0.2, 0.25) is 10.0 Å². The number of hydrogen-bond donors (Lipinski definition) is 0. The molecule has 20 heavy (non-hydrogen) atoms. The van der Waals surface area contributed by atoms with E-state index >= 15 is 0 Å². The van der Waals surface area contributed by atoms with E-state index in [2.05, 4.69) is 0 Å². The summed E-state index contributed by atoms with van der Waals surface area (Å²) in [6.07, 6.45) is 0. The number of halogens is 5. The van der Waals surface area contributed by atoms with Crippen molar-refractivity contribution in [3.8, 4) is 0 Å². The quantitative estimate of drug-likeness (QED) is 0.331. The Bertz CT molecular complexity index is 500. The van der Waals surface area contributed by atoms with E-state index in [1.54, 1.807) is 24.3 Å². The molecule has 0 atom stereocenters. The molecule has 106 valence electrons. The van der Waals surface area contributed by atoms with Gasteiger partial charge in [-0.3, -0.25) is 0 Å². The maximum atomic E-state index is 6.11. The third kappa shape index (κ3) is 4.92. The molecule has 0 fully saturated rings. The van der Waals surface area contributed by atoms with Crippen molar-refractivity contribution < 1.29 is 0 Å². The van der Waals surface area contributed by atoms with Gasteiger partial charge in [0.2, 0.25) is 3.79 Å². The Morgan fingerprint density at radius 3 is 1.20 bits per heavy atom. The number of hydrogen-bond acceptors (Lipinski definition) is 0. The fraction of sp³-hybridized carbons (Fsp3) is 0.143. The van der Waals surface area contributed by atoms with E-state index in [1.807, 2.05) is 24.3 Å². The molecule has 0 saturated heterocycles. The van der Waals surface area contributed by atoms with Crippen molar-refractivity contribution in [3.05, 3.63) is 69.7 Å². The van der Waals surface area contributed by atoms with E-state index < -0.39 is 3.79 Å². The predicted molar refractivity (Wildman–Crippen MR) is 93.6 cm³/mol. The topological polar surface area (TPSA) is 0 Å². The molecule has 0 saturated carbocycles. The van der Waals surface area contributed by atoms with Crippen molar-refractivity contribution in [2.24, 2.45) is 0 Å². The third-order valence-electron chi connectivity index (χ3n) is 2.73. The van der Waals surface area contributed by atoms with E-state index in [0.717, 1.165) is 11.1 Å². The molecular formula is C14H11Cl5Pb.